The van der Waals surface area contributed by atoms with Crippen LogP contribution in [0.1, 0.15) is 38.2 Å². The van der Waals surface area contributed by atoms with Crippen molar-refractivity contribution in [3.05, 3.63) is 80.8 Å². The van der Waals surface area contributed by atoms with Crippen molar-refractivity contribution in [3.8, 4) is 17.6 Å². The topological polar surface area (TPSA) is 132 Å². The molecule has 2 aliphatic rings. The number of hydrogen-bond donors (Lipinski definition) is 1. The first-order valence-corrected chi connectivity index (χ1v) is 11.0. The standard InChI is InChI=1S/C26H26N4O5/c1-26(2)12-19-24(20(31)13-26)23(15-8-9-21(34-3)22(10-15)35-4)18(14-27)25(28)29(19)16-6-5-7-17(11-16)30(32)33/h5-11,23H,12-13,28H2,1-4H3. The van der Waals surface area contributed by atoms with Crippen molar-refractivity contribution in [1.29, 1.82) is 5.26 Å². The van der Waals surface area contributed by atoms with Crippen molar-refractivity contribution < 1.29 is 19.2 Å². The lowest BCUT2D eigenvalue weighted by Gasteiger charge is -2.43. The van der Waals surface area contributed by atoms with Gasteiger partial charge in [-0.3, -0.25) is 19.8 Å². The average molecular weight is 475 g/mol. The maximum absolute atomic E-state index is 13.6. The van der Waals surface area contributed by atoms with Gasteiger partial charge >= 0.3 is 0 Å². The summed E-state index contributed by atoms with van der Waals surface area (Å²) in [5.74, 6) is 0.330. The number of non-ortho nitro benzene ring substituents is 1. The Labute approximate surface area is 203 Å². The molecule has 0 spiro atoms. The summed E-state index contributed by atoms with van der Waals surface area (Å²) in [7, 11) is 3.04. The first-order valence-electron chi connectivity index (χ1n) is 11.0. The lowest BCUT2D eigenvalue weighted by molar-refractivity contribution is -0.384. The van der Waals surface area contributed by atoms with E-state index in [9.17, 15) is 20.2 Å². The lowest BCUT2D eigenvalue weighted by atomic mass is 9.68. The molecule has 0 bridgehead atoms. The van der Waals surface area contributed by atoms with Gasteiger partial charge in [0.25, 0.3) is 5.69 Å². The summed E-state index contributed by atoms with van der Waals surface area (Å²) in [6, 6.07) is 13.5. The highest BCUT2D eigenvalue weighted by atomic mass is 16.6. The molecule has 1 aliphatic carbocycles. The first-order chi connectivity index (χ1) is 16.6. The zero-order valence-electron chi connectivity index (χ0n) is 20.0. The van der Waals surface area contributed by atoms with E-state index in [1.807, 2.05) is 13.8 Å². The Morgan fingerprint density at radius 1 is 1.14 bits per heavy atom. The molecule has 1 aliphatic heterocycles. The molecule has 0 radical (unpaired) electrons. The van der Waals surface area contributed by atoms with Gasteiger partial charge in [0.1, 0.15) is 5.82 Å². The predicted molar refractivity (Wildman–Crippen MR) is 130 cm³/mol. The van der Waals surface area contributed by atoms with Gasteiger partial charge in [-0.05, 0) is 35.6 Å². The number of nitrogens with two attached hydrogens (primary N) is 1. The smallest absolute Gasteiger partial charge is 0.271 e. The number of nitro benzene ring substituents is 1. The monoisotopic (exact) mass is 474 g/mol. The van der Waals surface area contributed by atoms with E-state index in [1.165, 1.54) is 26.4 Å². The second-order valence-electron chi connectivity index (χ2n) is 9.37. The van der Waals surface area contributed by atoms with Crippen LogP contribution in [0.15, 0.2) is 65.1 Å². The molecular formula is C26H26N4O5. The summed E-state index contributed by atoms with van der Waals surface area (Å²) in [6.45, 7) is 3.98. The number of allylic oxidation sites excluding steroid dienone is 3. The van der Waals surface area contributed by atoms with Gasteiger partial charge in [-0.1, -0.05) is 26.0 Å². The fourth-order valence-electron chi connectivity index (χ4n) is 4.92. The average Bonchev–Trinajstić information content (AvgIpc) is 2.82. The van der Waals surface area contributed by atoms with E-state index >= 15 is 0 Å². The normalized spacial score (nSPS) is 19.2. The minimum Gasteiger partial charge on any atom is -0.493 e. The summed E-state index contributed by atoms with van der Waals surface area (Å²) in [4.78, 5) is 26.2. The van der Waals surface area contributed by atoms with Gasteiger partial charge in [0.2, 0.25) is 0 Å². The summed E-state index contributed by atoms with van der Waals surface area (Å²) in [6.07, 6.45) is 0.803. The second kappa shape index (κ2) is 8.80. The van der Waals surface area contributed by atoms with Gasteiger partial charge in [0, 0.05) is 29.8 Å². The molecule has 0 saturated carbocycles. The van der Waals surface area contributed by atoms with Crippen molar-refractivity contribution in [2.24, 2.45) is 11.1 Å². The number of nitrogens with zero attached hydrogens (tertiary/aromatic N) is 3. The van der Waals surface area contributed by atoms with Crippen LogP contribution in [-0.2, 0) is 4.79 Å². The summed E-state index contributed by atoms with van der Waals surface area (Å²) >= 11 is 0. The highest BCUT2D eigenvalue weighted by Gasteiger charge is 2.45. The first kappa shape index (κ1) is 23.8. The number of nitriles is 1. The van der Waals surface area contributed by atoms with Crippen LogP contribution in [0.25, 0.3) is 0 Å². The Morgan fingerprint density at radius 2 is 1.86 bits per heavy atom. The molecule has 4 rings (SSSR count). The molecule has 9 heteroatoms. The van der Waals surface area contributed by atoms with Crippen LogP contribution in [0.2, 0.25) is 0 Å². The van der Waals surface area contributed by atoms with Crippen LogP contribution in [0.3, 0.4) is 0 Å². The number of anilines is 1. The third-order valence-electron chi connectivity index (χ3n) is 6.42. The number of rotatable bonds is 5. The number of benzene rings is 2. The van der Waals surface area contributed by atoms with E-state index < -0.39 is 10.8 Å². The van der Waals surface area contributed by atoms with Crippen LogP contribution in [0, 0.1) is 26.9 Å². The molecule has 35 heavy (non-hydrogen) atoms. The Balaban J connectivity index is 2.00. The van der Waals surface area contributed by atoms with Crippen LogP contribution >= 0.6 is 0 Å². The highest BCUT2D eigenvalue weighted by Crippen LogP contribution is 2.51. The summed E-state index contributed by atoms with van der Waals surface area (Å²) in [5, 5.41) is 21.6. The number of Topliss-reactive ketones (excluding diaryl/α,β-unsaturated/α-hetero) is 1. The Bertz CT molecular complexity index is 1340. The fraction of sp³-hybridized carbons (Fsp3) is 0.308. The molecule has 9 nitrogen and oxygen atoms in total. The predicted octanol–water partition coefficient (Wildman–Crippen LogP) is 4.55. The number of nitro groups is 1. The molecule has 0 fully saturated rings. The molecule has 1 atom stereocenters. The molecule has 0 saturated heterocycles. The van der Waals surface area contributed by atoms with Crippen molar-refractivity contribution in [1.82, 2.24) is 0 Å². The van der Waals surface area contributed by atoms with Gasteiger partial charge in [0.05, 0.1) is 42.4 Å². The van der Waals surface area contributed by atoms with Crippen molar-refractivity contribution in [3.63, 3.8) is 0 Å². The van der Waals surface area contributed by atoms with Crippen LogP contribution < -0.4 is 20.1 Å². The number of hydrogen-bond acceptors (Lipinski definition) is 8. The molecule has 180 valence electrons. The van der Waals surface area contributed by atoms with E-state index in [4.69, 9.17) is 15.2 Å². The van der Waals surface area contributed by atoms with E-state index in [-0.39, 0.29) is 28.3 Å². The third-order valence-corrected chi connectivity index (χ3v) is 6.42. The number of methoxy groups -OCH3 is 2. The maximum atomic E-state index is 13.6. The van der Waals surface area contributed by atoms with Crippen LogP contribution in [0.4, 0.5) is 11.4 Å². The Kier molecular flexibility index (Phi) is 5.99. The van der Waals surface area contributed by atoms with E-state index in [2.05, 4.69) is 6.07 Å². The number of ether oxygens (including phenoxy) is 2. The highest BCUT2D eigenvalue weighted by molar-refractivity contribution is 6.01. The maximum Gasteiger partial charge on any atom is 0.271 e. The summed E-state index contributed by atoms with van der Waals surface area (Å²) in [5.41, 5.74) is 8.52. The van der Waals surface area contributed by atoms with E-state index in [0.29, 0.717) is 46.9 Å². The molecular weight excluding hydrogens is 448 g/mol. The molecule has 2 N–H and O–H groups in total. The summed E-state index contributed by atoms with van der Waals surface area (Å²) < 4.78 is 10.8. The van der Waals surface area contributed by atoms with Gasteiger partial charge in [-0.25, -0.2) is 0 Å². The zero-order chi connectivity index (χ0) is 25.5. The largest absolute Gasteiger partial charge is 0.493 e. The molecule has 1 unspecified atom stereocenters. The SMILES string of the molecule is COc1ccc(C2C(C#N)=C(N)N(c3cccc([N+](=O)[O-])c3)C3=C2C(=O)CC(C)(C)C3)cc1OC. The van der Waals surface area contributed by atoms with Crippen molar-refractivity contribution in [2.45, 2.75) is 32.6 Å². The van der Waals surface area contributed by atoms with Gasteiger partial charge in [0.15, 0.2) is 17.3 Å². The minimum absolute atomic E-state index is 0.0910. The number of carbonyl (C=O) groups is 1. The molecule has 2 aromatic carbocycles. The molecule has 2 aromatic rings. The van der Waals surface area contributed by atoms with Gasteiger partial charge in [-0.2, -0.15) is 5.26 Å². The lowest BCUT2D eigenvalue weighted by Crippen LogP contribution is -2.42. The van der Waals surface area contributed by atoms with Crippen molar-refractivity contribution >= 4 is 17.2 Å². The van der Waals surface area contributed by atoms with Gasteiger partial charge < -0.3 is 15.2 Å². The molecule has 0 aromatic heterocycles. The van der Waals surface area contributed by atoms with Crippen LogP contribution in [0.5, 0.6) is 11.5 Å². The second-order valence-corrected chi connectivity index (χ2v) is 9.37. The van der Waals surface area contributed by atoms with Crippen molar-refractivity contribution in [2.75, 3.05) is 19.1 Å². The molecule has 1 heterocycles. The number of ketones is 1. The molecule has 0 amide bonds. The Morgan fingerprint density at radius 3 is 2.49 bits per heavy atom. The fourth-order valence-corrected chi connectivity index (χ4v) is 4.92. The van der Waals surface area contributed by atoms with Crippen LogP contribution in [-0.4, -0.2) is 24.9 Å². The number of carbonyl (C=O) groups excluding carboxylic acids is 1. The quantitative estimate of drug-likeness (QED) is 0.493. The van der Waals surface area contributed by atoms with E-state index in [1.54, 1.807) is 35.2 Å². The Hall–Kier alpha value is -4.32. The minimum atomic E-state index is -0.701. The third kappa shape index (κ3) is 4.08. The van der Waals surface area contributed by atoms with E-state index in [0.717, 1.165) is 0 Å². The zero-order valence-corrected chi connectivity index (χ0v) is 20.0. The van der Waals surface area contributed by atoms with Gasteiger partial charge in [-0.15, -0.1) is 0 Å².